The average molecular weight is 486 g/mol. The van der Waals surface area contributed by atoms with Crippen molar-refractivity contribution in [3.63, 3.8) is 0 Å². The molecule has 1 atom stereocenters. The number of rotatable bonds is 5. The summed E-state index contributed by atoms with van der Waals surface area (Å²) < 4.78 is 11.3. The maximum absolute atomic E-state index is 13.9. The van der Waals surface area contributed by atoms with Gasteiger partial charge in [-0.1, -0.05) is 48.5 Å². The van der Waals surface area contributed by atoms with Gasteiger partial charge in [0, 0.05) is 18.2 Å². The Balaban J connectivity index is 1.41. The third kappa shape index (κ3) is 4.15. The van der Waals surface area contributed by atoms with Crippen molar-refractivity contribution in [2.45, 2.75) is 25.8 Å². The summed E-state index contributed by atoms with van der Waals surface area (Å²) in [6.07, 6.45) is 0.770. The fourth-order valence-electron chi connectivity index (χ4n) is 4.53. The predicted octanol–water partition coefficient (Wildman–Crippen LogP) is 3.90. The highest BCUT2D eigenvalue weighted by molar-refractivity contribution is 6.12. The van der Waals surface area contributed by atoms with Crippen molar-refractivity contribution < 1.29 is 23.9 Å². The molecule has 0 saturated carbocycles. The van der Waals surface area contributed by atoms with Crippen LogP contribution in [0.25, 0.3) is 0 Å². The number of benzene rings is 3. The van der Waals surface area contributed by atoms with Crippen molar-refractivity contribution in [3.05, 3.63) is 89.0 Å². The lowest BCUT2D eigenvalue weighted by molar-refractivity contribution is -0.133. The lowest BCUT2D eigenvalue weighted by Gasteiger charge is -2.28. The Kier molecular flexibility index (Phi) is 6.10. The zero-order chi connectivity index (χ0) is 25.3. The lowest BCUT2D eigenvalue weighted by Crippen LogP contribution is -2.45. The number of hydrogen-bond donors (Lipinski definition) is 2. The summed E-state index contributed by atoms with van der Waals surface area (Å²) in [6, 6.07) is 19.2. The van der Waals surface area contributed by atoms with E-state index in [1.807, 2.05) is 50.2 Å². The smallest absolute Gasteiger partial charge is 0.326 e. The second kappa shape index (κ2) is 9.37. The van der Waals surface area contributed by atoms with Gasteiger partial charge in [0.1, 0.15) is 6.54 Å². The van der Waals surface area contributed by atoms with E-state index in [4.69, 9.17) is 9.47 Å². The van der Waals surface area contributed by atoms with E-state index in [1.165, 1.54) is 0 Å². The normalized spacial score (nSPS) is 19.0. The second-order valence-electron chi connectivity index (χ2n) is 9.00. The molecule has 2 heterocycles. The Morgan fingerprint density at radius 1 is 0.917 bits per heavy atom. The van der Waals surface area contributed by atoms with Crippen LogP contribution in [-0.4, -0.2) is 42.5 Å². The van der Waals surface area contributed by atoms with Crippen LogP contribution in [0, 0.1) is 13.8 Å². The molecule has 3 aromatic rings. The molecule has 184 valence electrons. The van der Waals surface area contributed by atoms with Gasteiger partial charge in [-0.25, -0.2) is 4.79 Å². The van der Waals surface area contributed by atoms with E-state index in [-0.39, 0.29) is 0 Å². The van der Waals surface area contributed by atoms with E-state index >= 15 is 0 Å². The molecule has 1 fully saturated rings. The molecule has 0 bridgehead atoms. The van der Waals surface area contributed by atoms with Gasteiger partial charge in [-0.2, -0.15) is 0 Å². The molecule has 5 rings (SSSR count). The first kappa shape index (κ1) is 23.4. The number of ether oxygens (including phenoxy) is 2. The summed E-state index contributed by atoms with van der Waals surface area (Å²) in [6.45, 7) is 4.60. The Labute approximate surface area is 209 Å². The van der Waals surface area contributed by atoms with Crippen molar-refractivity contribution in [2.75, 3.05) is 25.1 Å². The number of nitrogens with zero attached hydrogens (tertiary/aromatic N) is 1. The molecule has 1 saturated heterocycles. The molecule has 0 aromatic heterocycles. The summed E-state index contributed by atoms with van der Waals surface area (Å²) in [5.74, 6) is 0.145. The zero-order valence-corrected chi connectivity index (χ0v) is 20.2. The largest absolute Gasteiger partial charge is 0.490 e. The Bertz CT molecular complexity index is 1340. The monoisotopic (exact) mass is 485 g/mol. The molecule has 0 aliphatic carbocycles. The molecule has 36 heavy (non-hydrogen) atoms. The van der Waals surface area contributed by atoms with Crippen LogP contribution < -0.4 is 20.1 Å². The van der Waals surface area contributed by atoms with Gasteiger partial charge in [-0.3, -0.25) is 14.5 Å². The Hall–Kier alpha value is -4.33. The van der Waals surface area contributed by atoms with Gasteiger partial charge in [0.05, 0.1) is 13.2 Å². The summed E-state index contributed by atoms with van der Waals surface area (Å²) >= 11 is 0. The molecule has 0 radical (unpaired) electrons. The number of fused-ring (bicyclic) bond motifs is 1. The lowest BCUT2D eigenvalue weighted by atomic mass is 9.81. The average Bonchev–Trinajstić information content (AvgIpc) is 3.02. The molecule has 4 amide bonds. The predicted molar refractivity (Wildman–Crippen MR) is 134 cm³/mol. The number of nitrogens with one attached hydrogen (secondary N) is 2. The SMILES string of the molecule is Cc1ccc([C@]2(c3ccccc3)NC(=O)N(CC(=O)Nc3ccc4c(c3)OCCCO4)C2=O)cc1C. The van der Waals surface area contributed by atoms with Gasteiger partial charge in [0.2, 0.25) is 5.91 Å². The number of hydrogen-bond acceptors (Lipinski definition) is 5. The Morgan fingerprint density at radius 2 is 1.67 bits per heavy atom. The van der Waals surface area contributed by atoms with Gasteiger partial charge >= 0.3 is 6.03 Å². The molecule has 2 aliphatic heterocycles. The molecular formula is C28H27N3O5. The van der Waals surface area contributed by atoms with Crippen molar-refractivity contribution in [3.8, 4) is 11.5 Å². The number of amides is 4. The number of aryl methyl sites for hydroxylation is 2. The molecule has 8 nitrogen and oxygen atoms in total. The minimum atomic E-state index is -1.42. The quantitative estimate of drug-likeness (QED) is 0.535. The number of urea groups is 1. The maximum atomic E-state index is 13.9. The van der Waals surface area contributed by atoms with Crippen LogP contribution in [-0.2, 0) is 15.1 Å². The first-order valence-electron chi connectivity index (χ1n) is 11.9. The third-order valence-electron chi connectivity index (χ3n) is 6.59. The first-order chi connectivity index (χ1) is 17.4. The van der Waals surface area contributed by atoms with Gasteiger partial charge in [-0.05, 0) is 48.2 Å². The molecule has 3 aromatic carbocycles. The molecule has 8 heteroatoms. The molecule has 2 N–H and O–H groups in total. The molecule has 2 aliphatic rings. The van der Waals surface area contributed by atoms with Crippen molar-refractivity contribution >= 4 is 23.5 Å². The fourth-order valence-corrected chi connectivity index (χ4v) is 4.53. The number of imide groups is 1. The summed E-state index contributed by atoms with van der Waals surface area (Å²) in [4.78, 5) is 40.9. The minimum absolute atomic E-state index is 0.432. The molecular weight excluding hydrogens is 458 g/mol. The fraction of sp³-hybridized carbons (Fsp3) is 0.250. The number of anilines is 1. The highest BCUT2D eigenvalue weighted by Crippen LogP contribution is 2.37. The van der Waals surface area contributed by atoms with E-state index in [0.717, 1.165) is 22.4 Å². The van der Waals surface area contributed by atoms with E-state index in [2.05, 4.69) is 10.6 Å². The van der Waals surface area contributed by atoms with Crippen molar-refractivity contribution in [1.29, 1.82) is 0 Å². The van der Waals surface area contributed by atoms with Crippen LogP contribution >= 0.6 is 0 Å². The number of carbonyl (C=O) groups is 3. The summed E-state index contributed by atoms with van der Waals surface area (Å²) in [7, 11) is 0. The van der Waals surface area contributed by atoms with Crippen LogP contribution in [0.4, 0.5) is 10.5 Å². The van der Waals surface area contributed by atoms with E-state index < -0.39 is 29.9 Å². The minimum Gasteiger partial charge on any atom is -0.490 e. The maximum Gasteiger partial charge on any atom is 0.326 e. The molecule has 0 unspecified atom stereocenters. The van der Waals surface area contributed by atoms with Gasteiger partial charge in [-0.15, -0.1) is 0 Å². The second-order valence-corrected chi connectivity index (χ2v) is 9.00. The first-order valence-corrected chi connectivity index (χ1v) is 11.9. The van der Waals surface area contributed by atoms with Crippen LogP contribution in [0.2, 0.25) is 0 Å². The highest BCUT2D eigenvalue weighted by atomic mass is 16.5. The standard InChI is InChI=1S/C28H27N3O5/c1-18-9-10-21(15-19(18)2)28(20-7-4-3-5-8-20)26(33)31(27(34)30-28)17-25(32)29-22-11-12-23-24(16-22)36-14-6-13-35-23/h3-5,7-12,15-16H,6,13-14,17H2,1-2H3,(H,29,32)(H,30,34)/t28-/m0/s1. The van der Waals surface area contributed by atoms with Crippen molar-refractivity contribution in [2.24, 2.45) is 0 Å². The van der Waals surface area contributed by atoms with Crippen LogP contribution in [0.15, 0.2) is 66.7 Å². The van der Waals surface area contributed by atoms with Gasteiger partial charge < -0.3 is 20.1 Å². The zero-order valence-electron chi connectivity index (χ0n) is 20.2. The molecule has 0 spiro atoms. The highest BCUT2D eigenvalue weighted by Gasteiger charge is 2.54. The summed E-state index contributed by atoms with van der Waals surface area (Å²) in [5, 5.41) is 5.64. The topological polar surface area (TPSA) is 97.0 Å². The van der Waals surface area contributed by atoms with Crippen LogP contribution in [0.5, 0.6) is 11.5 Å². The van der Waals surface area contributed by atoms with Gasteiger partial charge in [0.15, 0.2) is 17.0 Å². The Morgan fingerprint density at radius 3 is 2.42 bits per heavy atom. The van der Waals surface area contributed by atoms with E-state index in [9.17, 15) is 14.4 Å². The van der Waals surface area contributed by atoms with Crippen LogP contribution in [0.3, 0.4) is 0 Å². The number of carbonyl (C=O) groups excluding carboxylic acids is 3. The van der Waals surface area contributed by atoms with E-state index in [1.54, 1.807) is 30.3 Å². The van der Waals surface area contributed by atoms with Crippen molar-refractivity contribution in [1.82, 2.24) is 10.2 Å². The van der Waals surface area contributed by atoms with Gasteiger partial charge in [0.25, 0.3) is 5.91 Å². The van der Waals surface area contributed by atoms with Crippen LogP contribution in [0.1, 0.15) is 28.7 Å². The summed E-state index contributed by atoms with van der Waals surface area (Å²) in [5.41, 5.74) is 2.39. The van der Waals surface area contributed by atoms with E-state index in [0.29, 0.717) is 41.5 Å². The third-order valence-corrected chi connectivity index (χ3v) is 6.59.